The van der Waals surface area contributed by atoms with Crippen LogP contribution in [0.2, 0.25) is 0 Å². The minimum Gasteiger partial charge on any atom is -0.337 e. The Morgan fingerprint density at radius 2 is 2.21 bits per heavy atom. The van der Waals surface area contributed by atoms with Crippen molar-refractivity contribution >= 4 is 5.91 Å². The topological polar surface area (TPSA) is 46.3 Å². The second-order valence-electron chi connectivity index (χ2n) is 5.33. The maximum absolute atomic E-state index is 13.1. The van der Waals surface area contributed by atoms with Crippen LogP contribution < -0.4 is 5.73 Å². The first-order valence-electron chi connectivity index (χ1n) is 6.84. The Morgan fingerprint density at radius 1 is 1.47 bits per heavy atom. The van der Waals surface area contributed by atoms with E-state index in [-0.39, 0.29) is 17.6 Å². The molecule has 19 heavy (non-hydrogen) atoms. The van der Waals surface area contributed by atoms with Crippen LogP contribution in [0.1, 0.15) is 31.4 Å². The summed E-state index contributed by atoms with van der Waals surface area (Å²) in [6, 6.07) is 4.33. The number of fused-ring (bicyclic) bond motifs is 1. The second-order valence-corrected chi connectivity index (χ2v) is 5.33. The highest BCUT2D eigenvalue weighted by atomic mass is 19.1. The van der Waals surface area contributed by atoms with E-state index < -0.39 is 6.04 Å². The number of carbonyl (C=O) groups is 1. The molecule has 1 aromatic rings. The van der Waals surface area contributed by atoms with E-state index in [1.807, 2.05) is 13.8 Å². The largest absolute Gasteiger partial charge is 0.337 e. The molecule has 0 aromatic heterocycles. The van der Waals surface area contributed by atoms with Crippen LogP contribution in [0.3, 0.4) is 0 Å². The Labute approximate surface area is 113 Å². The summed E-state index contributed by atoms with van der Waals surface area (Å²) in [5, 5.41) is 0. The quantitative estimate of drug-likeness (QED) is 0.908. The lowest BCUT2D eigenvalue weighted by molar-refractivity contribution is -0.134. The van der Waals surface area contributed by atoms with Crippen molar-refractivity contribution in [2.45, 2.75) is 39.3 Å². The molecule has 1 amide bonds. The summed E-state index contributed by atoms with van der Waals surface area (Å²) in [6.07, 6.45) is 1.59. The average molecular weight is 264 g/mol. The molecule has 0 saturated heterocycles. The van der Waals surface area contributed by atoms with Gasteiger partial charge in [-0.15, -0.1) is 0 Å². The zero-order chi connectivity index (χ0) is 14.0. The summed E-state index contributed by atoms with van der Waals surface area (Å²) in [7, 11) is 0. The summed E-state index contributed by atoms with van der Waals surface area (Å²) >= 11 is 0. The zero-order valence-electron chi connectivity index (χ0n) is 11.5. The Balaban J connectivity index is 2.09. The first kappa shape index (κ1) is 14.0. The summed E-state index contributed by atoms with van der Waals surface area (Å²) in [5.41, 5.74) is 8.02. The van der Waals surface area contributed by atoms with Gasteiger partial charge in [-0.2, -0.15) is 0 Å². The molecule has 0 radical (unpaired) electrons. The van der Waals surface area contributed by atoms with Gasteiger partial charge in [0.1, 0.15) is 5.82 Å². The monoisotopic (exact) mass is 264 g/mol. The van der Waals surface area contributed by atoms with Crippen molar-refractivity contribution in [1.29, 1.82) is 0 Å². The molecule has 1 aliphatic heterocycles. The third kappa shape index (κ3) is 2.95. The fraction of sp³-hybridized carbons (Fsp3) is 0.533. The van der Waals surface area contributed by atoms with Gasteiger partial charge in [-0.1, -0.05) is 26.3 Å². The number of nitrogens with zero attached hydrogens (tertiary/aromatic N) is 1. The van der Waals surface area contributed by atoms with Gasteiger partial charge in [0.25, 0.3) is 0 Å². The van der Waals surface area contributed by atoms with Crippen molar-refractivity contribution in [3.05, 3.63) is 35.1 Å². The van der Waals surface area contributed by atoms with Gasteiger partial charge in [0.2, 0.25) is 5.91 Å². The highest BCUT2D eigenvalue weighted by Crippen LogP contribution is 2.21. The molecule has 0 saturated carbocycles. The molecule has 0 bridgehead atoms. The number of halogens is 1. The molecule has 104 valence electrons. The summed E-state index contributed by atoms with van der Waals surface area (Å²) in [5.74, 6) is -0.0266. The van der Waals surface area contributed by atoms with E-state index in [2.05, 4.69) is 0 Å². The zero-order valence-corrected chi connectivity index (χ0v) is 11.5. The van der Waals surface area contributed by atoms with E-state index >= 15 is 0 Å². The van der Waals surface area contributed by atoms with Crippen molar-refractivity contribution < 1.29 is 9.18 Å². The van der Waals surface area contributed by atoms with Crippen LogP contribution in [0.25, 0.3) is 0 Å². The van der Waals surface area contributed by atoms with Crippen molar-refractivity contribution in [2.24, 2.45) is 11.7 Å². The molecule has 2 rings (SSSR count). The van der Waals surface area contributed by atoms with Crippen LogP contribution in [0.5, 0.6) is 0 Å². The minimum atomic E-state index is -0.438. The number of benzene rings is 1. The lowest BCUT2D eigenvalue weighted by Crippen LogP contribution is -2.48. The standard InChI is InChI=1S/C15H21FN2O/c1-3-10(2)14(17)15(19)18-7-6-11-8-13(16)5-4-12(11)9-18/h4-5,8,10,14H,3,6-7,9,17H2,1-2H3. The van der Waals surface area contributed by atoms with E-state index in [1.165, 1.54) is 6.07 Å². The van der Waals surface area contributed by atoms with Crippen LogP contribution in [0.4, 0.5) is 4.39 Å². The number of amides is 1. The Kier molecular flexibility index (Phi) is 4.20. The van der Waals surface area contributed by atoms with E-state index in [9.17, 15) is 9.18 Å². The van der Waals surface area contributed by atoms with Gasteiger partial charge in [-0.3, -0.25) is 4.79 Å². The number of hydrogen-bond acceptors (Lipinski definition) is 2. The van der Waals surface area contributed by atoms with Crippen molar-refractivity contribution in [3.8, 4) is 0 Å². The average Bonchev–Trinajstić information content (AvgIpc) is 2.44. The summed E-state index contributed by atoms with van der Waals surface area (Å²) in [4.78, 5) is 14.1. The fourth-order valence-electron chi connectivity index (χ4n) is 2.42. The van der Waals surface area contributed by atoms with Gasteiger partial charge >= 0.3 is 0 Å². The van der Waals surface area contributed by atoms with Gasteiger partial charge in [-0.05, 0) is 35.6 Å². The van der Waals surface area contributed by atoms with Gasteiger partial charge in [0.05, 0.1) is 6.04 Å². The third-order valence-corrected chi connectivity index (χ3v) is 4.03. The van der Waals surface area contributed by atoms with E-state index in [0.29, 0.717) is 19.5 Å². The van der Waals surface area contributed by atoms with Crippen LogP contribution in [-0.4, -0.2) is 23.4 Å². The molecular weight excluding hydrogens is 243 g/mol. The third-order valence-electron chi connectivity index (χ3n) is 4.03. The first-order valence-corrected chi connectivity index (χ1v) is 6.84. The SMILES string of the molecule is CCC(C)C(N)C(=O)N1CCc2cc(F)ccc2C1. The normalized spacial score (nSPS) is 17.8. The Morgan fingerprint density at radius 3 is 2.89 bits per heavy atom. The second kappa shape index (κ2) is 5.70. The number of hydrogen-bond donors (Lipinski definition) is 1. The number of nitrogens with two attached hydrogens (primary N) is 1. The molecule has 0 aliphatic carbocycles. The Hall–Kier alpha value is -1.42. The minimum absolute atomic E-state index is 0.00400. The molecule has 2 N–H and O–H groups in total. The predicted molar refractivity (Wildman–Crippen MR) is 73.0 cm³/mol. The molecular formula is C15H21FN2O. The van der Waals surface area contributed by atoms with E-state index in [1.54, 1.807) is 17.0 Å². The van der Waals surface area contributed by atoms with Crippen LogP contribution in [0.15, 0.2) is 18.2 Å². The summed E-state index contributed by atoms with van der Waals surface area (Å²) < 4.78 is 13.1. The number of carbonyl (C=O) groups excluding carboxylic acids is 1. The molecule has 0 spiro atoms. The maximum Gasteiger partial charge on any atom is 0.240 e. The molecule has 4 heteroatoms. The molecule has 1 aromatic carbocycles. The van der Waals surface area contributed by atoms with Gasteiger partial charge in [0, 0.05) is 13.1 Å². The van der Waals surface area contributed by atoms with Crippen LogP contribution in [0, 0.1) is 11.7 Å². The van der Waals surface area contributed by atoms with E-state index in [4.69, 9.17) is 5.73 Å². The van der Waals surface area contributed by atoms with Crippen LogP contribution >= 0.6 is 0 Å². The fourth-order valence-corrected chi connectivity index (χ4v) is 2.42. The van der Waals surface area contributed by atoms with Crippen molar-refractivity contribution in [1.82, 2.24) is 4.90 Å². The van der Waals surface area contributed by atoms with Gasteiger partial charge in [0.15, 0.2) is 0 Å². The highest BCUT2D eigenvalue weighted by molar-refractivity contribution is 5.82. The highest BCUT2D eigenvalue weighted by Gasteiger charge is 2.27. The Bertz CT molecular complexity index is 475. The molecule has 2 atom stereocenters. The molecule has 2 unspecified atom stereocenters. The van der Waals surface area contributed by atoms with Gasteiger partial charge in [-0.25, -0.2) is 4.39 Å². The van der Waals surface area contributed by atoms with Crippen molar-refractivity contribution in [3.63, 3.8) is 0 Å². The molecule has 1 heterocycles. The van der Waals surface area contributed by atoms with Gasteiger partial charge < -0.3 is 10.6 Å². The number of rotatable bonds is 3. The molecule has 1 aliphatic rings. The van der Waals surface area contributed by atoms with Crippen LogP contribution in [-0.2, 0) is 17.8 Å². The maximum atomic E-state index is 13.1. The van der Waals surface area contributed by atoms with Crippen molar-refractivity contribution in [2.75, 3.05) is 6.54 Å². The predicted octanol–water partition coefficient (Wildman–Crippen LogP) is 2.08. The molecule has 3 nitrogen and oxygen atoms in total. The van der Waals surface area contributed by atoms with E-state index in [0.717, 1.165) is 17.5 Å². The summed E-state index contributed by atoms with van der Waals surface area (Å²) in [6.45, 7) is 5.19. The molecule has 0 fully saturated rings. The first-order chi connectivity index (χ1) is 9.02. The lowest BCUT2D eigenvalue weighted by Gasteiger charge is -2.32. The smallest absolute Gasteiger partial charge is 0.240 e. The lowest BCUT2D eigenvalue weighted by atomic mass is 9.95.